The number of piperazine rings is 1. The Hall–Kier alpha value is -1.30. The molecule has 1 aromatic carbocycles. The molecule has 0 aromatic heterocycles. The van der Waals surface area contributed by atoms with Gasteiger partial charge in [0.1, 0.15) is 0 Å². The zero-order valence-corrected chi connectivity index (χ0v) is 15.5. The molecule has 0 radical (unpaired) electrons. The number of nitrogens with one attached hydrogen (secondary N) is 1. The molecule has 1 aliphatic carbocycles. The van der Waals surface area contributed by atoms with E-state index in [1.165, 1.54) is 5.69 Å². The van der Waals surface area contributed by atoms with Gasteiger partial charge in [0, 0.05) is 62.4 Å². The van der Waals surface area contributed by atoms with Crippen LogP contribution in [0.4, 0.5) is 5.69 Å². The maximum absolute atomic E-state index is 12.0. The average Bonchev–Trinajstić information content (AvgIpc) is 3.00. The quantitative estimate of drug-likeness (QED) is 0.811. The molecule has 2 atom stereocenters. The summed E-state index contributed by atoms with van der Waals surface area (Å²) in [5, 5.41) is 3.84. The summed E-state index contributed by atoms with van der Waals surface area (Å²) in [5.41, 5.74) is 7.23. The lowest BCUT2D eigenvalue weighted by molar-refractivity contribution is -0.122. The first-order valence-electron chi connectivity index (χ1n) is 9.37. The Labute approximate surface area is 155 Å². The molecule has 1 aliphatic heterocycles. The first-order chi connectivity index (χ1) is 12.1. The predicted molar refractivity (Wildman–Crippen MR) is 103 cm³/mol. The Kier molecular flexibility index (Phi) is 6.57. The summed E-state index contributed by atoms with van der Waals surface area (Å²) in [6.45, 7) is 5.63. The Balaban J connectivity index is 1.33. The molecule has 0 unspecified atom stereocenters. The molecule has 1 aromatic rings. The monoisotopic (exact) mass is 364 g/mol. The van der Waals surface area contributed by atoms with Crippen LogP contribution in [0.15, 0.2) is 24.3 Å². The molecule has 138 valence electrons. The molecule has 0 spiro atoms. The van der Waals surface area contributed by atoms with Crippen molar-refractivity contribution < 1.29 is 4.79 Å². The van der Waals surface area contributed by atoms with Gasteiger partial charge in [-0.1, -0.05) is 24.1 Å². The molecule has 3 rings (SSSR count). The van der Waals surface area contributed by atoms with Crippen LogP contribution in [-0.2, 0) is 4.79 Å². The van der Waals surface area contributed by atoms with Gasteiger partial charge in [-0.05, 0) is 37.0 Å². The van der Waals surface area contributed by atoms with Crippen molar-refractivity contribution >= 4 is 23.2 Å². The summed E-state index contributed by atoms with van der Waals surface area (Å²) in [5.74, 6) is 0.529. The highest BCUT2D eigenvalue weighted by atomic mass is 35.5. The fraction of sp³-hybridized carbons (Fsp3) is 0.632. The van der Waals surface area contributed by atoms with Gasteiger partial charge in [0.15, 0.2) is 0 Å². The summed E-state index contributed by atoms with van der Waals surface area (Å²) in [6, 6.07) is 8.24. The van der Waals surface area contributed by atoms with Crippen LogP contribution in [-0.4, -0.2) is 56.1 Å². The number of nitrogens with zero attached hydrogens (tertiary/aromatic N) is 2. The van der Waals surface area contributed by atoms with Crippen molar-refractivity contribution in [1.82, 2.24) is 10.2 Å². The van der Waals surface area contributed by atoms with E-state index in [1.807, 2.05) is 18.2 Å². The topological polar surface area (TPSA) is 61.6 Å². The number of anilines is 1. The number of amides is 1. The van der Waals surface area contributed by atoms with Crippen molar-refractivity contribution in [3.8, 4) is 0 Å². The largest absolute Gasteiger partial charge is 0.369 e. The Morgan fingerprint density at radius 1 is 1.24 bits per heavy atom. The molecular formula is C19H29ClN4O. The van der Waals surface area contributed by atoms with Gasteiger partial charge in [0.25, 0.3) is 0 Å². The normalized spacial score (nSPS) is 24.5. The molecule has 25 heavy (non-hydrogen) atoms. The van der Waals surface area contributed by atoms with Crippen molar-refractivity contribution in [1.29, 1.82) is 0 Å². The summed E-state index contributed by atoms with van der Waals surface area (Å²) in [7, 11) is 0. The number of rotatable bonds is 6. The van der Waals surface area contributed by atoms with E-state index in [9.17, 15) is 4.79 Å². The van der Waals surface area contributed by atoms with E-state index < -0.39 is 0 Å². The number of halogens is 1. The molecule has 2 aliphatic rings. The maximum Gasteiger partial charge on any atom is 0.220 e. The van der Waals surface area contributed by atoms with E-state index in [0.29, 0.717) is 12.3 Å². The first-order valence-corrected chi connectivity index (χ1v) is 9.75. The van der Waals surface area contributed by atoms with Crippen LogP contribution in [0.2, 0.25) is 5.02 Å². The van der Waals surface area contributed by atoms with Crippen LogP contribution in [0.25, 0.3) is 0 Å². The molecule has 3 N–H and O–H groups in total. The van der Waals surface area contributed by atoms with Gasteiger partial charge in [-0.2, -0.15) is 0 Å². The van der Waals surface area contributed by atoms with Gasteiger partial charge in [0.05, 0.1) is 0 Å². The van der Waals surface area contributed by atoms with Gasteiger partial charge >= 0.3 is 0 Å². The van der Waals surface area contributed by atoms with Crippen LogP contribution in [0, 0.1) is 5.92 Å². The number of carbonyl (C=O) groups excluding carboxylic acids is 1. The van der Waals surface area contributed by atoms with Crippen LogP contribution in [0.1, 0.15) is 25.7 Å². The van der Waals surface area contributed by atoms with E-state index in [-0.39, 0.29) is 11.9 Å². The number of hydrogen-bond donors (Lipinski definition) is 2. The van der Waals surface area contributed by atoms with Crippen LogP contribution in [0.3, 0.4) is 0 Å². The van der Waals surface area contributed by atoms with E-state index in [0.717, 1.165) is 63.6 Å². The second kappa shape index (κ2) is 8.88. The third-order valence-electron chi connectivity index (χ3n) is 5.46. The van der Waals surface area contributed by atoms with Gasteiger partial charge in [-0.3, -0.25) is 9.69 Å². The van der Waals surface area contributed by atoms with E-state index in [1.54, 1.807) is 0 Å². The average molecular weight is 365 g/mol. The summed E-state index contributed by atoms with van der Waals surface area (Å²) >= 11 is 6.08. The lowest BCUT2D eigenvalue weighted by Gasteiger charge is -2.36. The minimum atomic E-state index is 0.153. The van der Waals surface area contributed by atoms with Gasteiger partial charge < -0.3 is 16.0 Å². The van der Waals surface area contributed by atoms with Gasteiger partial charge in [0.2, 0.25) is 5.91 Å². The second-order valence-electron chi connectivity index (χ2n) is 7.22. The molecule has 1 saturated carbocycles. The minimum Gasteiger partial charge on any atom is -0.369 e. The molecule has 0 bridgehead atoms. The van der Waals surface area contributed by atoms with E-state index >= 15 is 0 Å². The Bertz CT molecular complexity index is 574. The summed E-state index contributed by atoms with van der Waals surface area (Å²) < 4.78 is 0. The lowest BCUT2D eigenvalue weighted by Crippen LogP contribution is -2.48. The number of hydrogen-bond acceptors (Lipinski definition) is 4. The smallest absolute Gasteiger partial charge is 0.220 e. The highest BCUT2D eigenvalue weighted by molar-refractivity contribution is 6.30. The van der Waals surface area contributed by atoms with Crippen molar-refractivity contribution in [3.63, 3.8) is 0 Å². The van der Waals surface area contributed by atoms with E-state index in [4.69, 9.17) is 17.3 Å². The third kappa shape index (κ3) is 5.33. The third-order valence-corrected chi connectivity index (χ3v) is 5.70. The standard InChI is InChI=1S/C19H29ClN4O/c20-16-4-2-5-17(14-16)24-11-9-23(10-12-24)8-7-22-19(25)13-15-3-1-6-18(15)21/h2,4-5,14-15,18H,1,3,6-13,21H2,(H,22,25)/t15-,18+/m0/s1. The van der Waals surface area contributed by atoms with Crippen LogP contribution in [0.5, 0.6) is 0 Å². The summed E-state index contributed by atoms with van der Waals surface area (Å²) in [6.07, 6.45) is 3.91. The van der Waals surface area contributed by atoms with Crippen molar-refractivity contribution in [2.45, 2.75) is 31.7 Å². The molecular weight excluding hydrogens is 336 g/mol. The second-order valence-corrected chi connectivity index (χ2v) is 7.65. The SMILES string of the molecule is N[C@@H]1CCC[C@H]1CC(=O)NCCN1CCN(c2cccc(Cl)c2)CC1. The highest BCUT2D eigenvalue weighted by Gasteiger charge is 2.26. The number of benzene rings is 1. The number of nitrogens with two attached hydrogens (primary N) is 1. The fourth-order valence-electron chi connectivity index (χ4n) is 3.89. The molecule has 6 heteroatoms. The van der Waals surface area contributed by atoms with E-state index in [2.05, 4.69) is 21.2 Å². The summed E-state index contributed by atoms with van der Waals surface area (Å²) in [4.78, 5) is 16.8. The molecule has 2 fully saturated rings. The van der Waals surface area contributed by atoms with Crippen molar-refractivity contribution in [2.24, 2.45) is 11.7 Å². The minimum absolute atomic E-state index is 0.153. The fourth-order valence-corrected chi connectivity index (χ4v) is 4.07. The van der Waals surface area contributed by atoms with Gasteiger partial charge in [-0.15, -0.1) is 0 Å². The molecule has 1 amide bonds. The van der Waals surface area contributed by atoms with Crippen molar-refractivity contribution in [3.05, 3.63) is 29.3 Å². The number of carbonyl (C=O) groups is 1. The van der Waals surface area contributed by atoms with Crippen LogP contribution < -0.4 is 16.0 Å². The molecule has 5 nitrogen and oxygen atoms in total. The molecule has 1 heterocycles. The lowest BCUT2D eigenvalue weighted by atomic mass is 10.00. The van der Waals surface area contributed by atoms with Gasteiger partial charge in [-0.25, -0.2) is 0 Å². The zero-order chi connectivity index (χ0) is 17.6. The maximum atomic E-state index is 12.0. The van der Waals surface area contributed by atoms with Crippen LogP contribution >= 0.6 is 11.6 Å². The predicted octanol–water partition coefficient (Wildman–Crippen LogP) is 2.10. The molecule has 1 saturated heterocycles. The Morgan fingerprint density at radius 2 is 2.04 bits per heavy atom. The zero-order valence-electron chi connectivity index (χ0n) is 14.8. The highest BCUT2D eigenvalue weighted by Crippen LogP contribution is 2.26. The Morgan fingerprint density at radius 3 is 2.72 bits per heavy atom. The first kappa shape index (κ1) is 18.5. The van der Waals surface area contributed by atoms with Crippen molar-refractivity contribution in [2.75, 3.05) is 44.2 Å².